The average molecular weight is 1920 g/mol. The Labute approximate surface area is 859 Å². The number of benzene rings is 20. The third-order valence-corrected chi connectivity index (χ3v) is 27.5. The zero-order valence-corrected chi connectivity index (χ0v) is 84.9. The molecule has 23 rings (SSSR count). The summed E-state index contributed by atoms with van der Waals surface area (Å²) in [6.45, 7) is 19.2. The lowest BCUT2D eigenvalue weighted by Crippen LogP contribution is -2.11. The van der Waals surface area contributed by atoms with Crippen molar-refractivity contribution in [3.63, 3.8) is 0 Å². The number of hydrogen-bond acceptors (Lipinski definition) is 13. The van der Waals surface area contributed by atoms with Crippen LogP contribution in [0.15, 0.2) is 456 Å². The molecular weight excluding hydrogens is 1810 g/mol. The molecule has 0 saturated carbocycles. The number of para-hydroxylation sites is 2. The summed E-state index contributed by atoms with van der Waals surface area (Å²) < 4.78 is 42.5. The molecule has 0 saturated heterocycles. The van der Waals surface area contributed by atoms with Crippen LogP contribution in [0.5, 0.6) is 23.0 Å². The van der Waals surface area contributed by atoms with E-state index in [4.69, 9.17) is 32.2 Å². The molecule has 23 aromatic rings. The number of anilines is 18. The van der Waals surface area contributed by atoms with Crippen LogP contribution in [0.3, 0.4) is 0 Å². The van der Waals surface area contributed by atoms with E-state index in [0.717, 1.165) is 220 Å². The van der Waals surface area contributed by atoms with Crippen LogP contribution in [0.2, 0.25) is 0 Å². The van der Waals surface area contributed by atoms with Crippen LogP contribution in [0, 0.1) is 55.4 Å². The van der Waals surface area contributed by atoms with Gasteiger partial charge in [0.1, 0.15) is 56.5 Å². The second kappa shape index (κ2) is 41.8. The van der Waals surface area contributed by atoms with Crippen molar-refractivity contribution in [3.05, 3.63) is 493 Å². The molecule has 20 aromatic carbocycles. The number of methoxy groups -OCH3 is 4. The van der Waals surface area contributed by atoms with Gasteiger partial charge in [-0.1, -0.05) is 193 Å². The quantitative estimate of drug-likeness (QED) is 0.0544. The van der Waals surface area contributed by atoms with E-state index < -0.39 is 0 Å². The zero-order chi connectivity index (χ0) is 101. The lowest BCUT2D eigenvalue weighted by molar-refractivity contribution is 0.414. The van der Waals surface area contributed by atoms with Crippen molar-refractivity contribution >= 4 is 168 Å². The summed E-state index contributed by atoms with van der Waals surface area (Å²) in [5.41, 5.74) is 39.4. The van der Waals surface area contributed by atoms with E-state index in [1.165, 1.54) is 50.1 Å². The van der Waals surface area contributed by atoms with E-state index in [2.05, 4.69) is 498 Å². The van der Waals surface area contributed by atoms with Gasteiger partial charge in [-0.15, -0.1) is 0 Å². The minimum atomic E-state index is 0.787. The van der Waals surface area contributed by atoms with Crippen LogP contribution in [0.25, 0.3) is 88.1 Å². The van der Waals surface area contributed by atoms with Gasteiger partial charge >= 0.3 is 0 Å². The molecule has 3 aromatic heterocycles. The average Bonchev–Trinajstić information content (AvgIpc) is 1.61. The van der Waals surface area contributed by atoms with Gasteiger partial charge in [0.25, 0.3) is 0 Å². The normalized spacial score (nSPS) is 11.2. The minimum Gasteiger partial charge on any atom is -0.497 e. The largest absolute Gasteiger partial charge is 0.497 e. The van der Waals surface area contributed by atoms with Crippen molar-refractivity contribution in [3.8, 4) is 45.3 Å². The Hall–Kier alpha value is -18.2. The van der Waals surface area contributed by atoms with Crippen molar-refractivity contribution in [2.45, 2.75) is 68.7 Å². The van der Waals surface area contributed by atoms with Crippen molar-refractivity contribution < 1.29 is 32.2 Å². The van der Waals surface area contributed by atoms with Gasteiger partial charge in [0.2, 0.25) is 0 Å². The molecule has 13 heteroatoms. The van der Waals surface area contributed by atoms with Crippen LogP contribution in [-0.2, 0) is 6.42 Å². The second-order valence-corrected chi connectivity index (χ2v) is 37.6. The van der Waals surface area contributed by atoms with E-state index in [1.54, 1.807) is 28.4 Å². The Morgan fingerprint density at radius 3 is 0.850 bits per heavy atom. The number of furan rings is 3. The van der Waals surface area contributed by atoms with Crippen molar-refractivity contribution in [2.24, 2.45) is 0 Å². The standard InChI is InChI=1S/C53H44N2O3.C42H38N2O3.C39H32N2O/c1-5-37-20-24-39(25-21-37)41-11-7-13-43(31-41)55(45-15-9-17-49(33-45)57-4)47-27-29-51-50-28-26-46(34-52(50)58-53(51)35-47)54(44-14-8-16-48(32-44)56-3)42-12-6-10-40(30-42)38-22-18-36(2)19-23-38;1-27-9-7-11-31(21-27)43(39-19-15-35(45-5)23-29(39)3)33-13-17-37-38-18-14-34(26-42(38)47-41(37)25-33)44(32-12-8-10-28(2)22-32)40-20-16-36(46-6)24-30(40)4;1-27-14-18-32(19-15-27)40(30-10-6-4-7-11-30)34-22-23-36-37(25-34)42-38-26-35(24-29(3)39(36)38)41(31-12-8-5-9-13-31)33-20-16-28(2)17-21-33/h6-35H,5H2,1-4H3;7-26H,1-6H3;4-26H,1-3H3. The Morgan fingerprint density at radius 1 is 0.184 bits per heavy atom. The lowest BCUT2D eigenvalue weighted by atomic mass is 10.0. The molecule has 0 atom stereocenters. The number of rotatable bonds is 25. The van der Waals surface area contributed by atoms with Gasteiger partial charge in [0.15, 0.2) is 0 Å². The van der Waals surface area contributed by atoms with Gasteiger partial charge < -0.3 is 61.6 Å². The van der Waals surface area contributed by atoms with Gasteiger partial charge in [-0.05, 0) is 342 Å². The smallest absolute Gasteiger partial charge is 0.137 e. The summed E-state index contributed by atoms with van der Waals surface area (Å²) in [5, 5.41) is 6.53. The number of fused-ring (bicyclic) bond motifs is 9. The van der Waals surface area contributed by atoms with Crippen LogP contribution >= 0.6 is 0 Å². The van der Waals surface area contributed by atoms with Gasteiger partial charge in [0, 0.05) is 178 Å². The van der Waals surface area contributed by atoms with E-state index in [0.29, 0.717) is 0 Å². The van der Waals surface area contributed by atoms with E-state index in [1.807, 2.05) is 36.4 Å². The molecule has 0 N–H and O–H groups in total. The van der Waals surface area contributed by atoms with Crippen LogP contribution in [-0.4, -0.2) is 28.4 Å². The van der Waals surface area contributed by atoms with Gasteiger partial charge in [0.05, 0.1) is 34.1 Å². The highest BCUT2D eigenvalue weighted by atomic mass is 16.5. The minimum absolute atomic E-state index is 0.787. The SMILES string of the molecule is CCc1ccc(-c2cccc(N(c3cccc(OC)c3)c3ccc4c(c3)oc3cc(N(c5cccc(OC)c5)c5cccc(-c6ccc(C)cc6)c5)ccc34)c2)cc1.COc1ccc(N(c2cccc(C)c2)c2ccc3c(c2)oc2cc(N(c4cccc(C)c4)c4ccc(OC)cc4C)ccc23)c(C)c1.Cc1ccc(N(c2ccccc2)c2ccc3c(c2)oc2cc(N(c4ccccc4)c4ccc(C)cc4)cc(C)c23)cc1. The number of ether oxygens (including phenoxy) is 4. The molecule has 0 unspecified atom stereocenters. The fourth-order valence-corrected chi connectivity index (χ4v) is 20.0. The van der Waals surface area contributed by atoms with E-state index >= 15 is 0 Å². The van der Waals surface area contributed by atoms with Crippen LogP contribution < -0.4 is 48.3 Å². The lowest BCUT2D eigenvalue weighted by Gasteiger charge is -2.27. The Morgan fingerprint density at radius 2 is 0.469 bits per heavy atom. The molecule has 147 heavy (non-hydrogen) atoms. The topological polar surface area (TPSA) is 95.8 Å². The van der Waals surface area contributed by atoms with Crippen LogP contribution in [0.1, 0.15) is 57.0 Å². The summed E-state index contributed by atoms with van der Waals surface area (Å²) in [4.78, 5) is 13.6. The van der Waals surface area contributed by atoms with Crippen molar-refractivity contribution in [2.75, 3.05) is 57.8 Å². The predicted octanol–water partition coefficient (Wildman–Crippen LogP) is 38.0. The van der Waals surface area contributed by atoms with Crippen molar-refractivity contribution in [1.29, 1.82) is 0 Å². The first-order valence-electron chi connectivity index (χ1n) is 49.9. The summed E-state index contributed by atoms with van der Waals surface area (Å²) in [6.07, 6.45) is 1.01. The first-order valence-corrected chi connectivity index (χ1v) is 49.9. The molecule has 0 aliphatic rings. The molecule has 722 valence electrons. The van der Waals surface area contributed by atoms with E-state index in [-0.39, 0.29) is 0 Å². The number of nitrogens with zero attached hydrogens (tertiary/aromatic N) is 6. The molecule has 0 bridgehead atoms. The Balaban J connectivity index is 0.000000131. The first-order chi connectivity index (χ1) is 71.8. The monoisotopic (exact) mass is 1920 g/mol. The summed E-state index contributed by atoms with van der Waals surface area (Å²) in [7, 11) is 6.81. The molecule has 0 fully saturated rings. The molecule has 0 spiro atoms. The Bertz CT molecular complexity index is 8560. The maximum Gasteiger partial charge on any atom is 0.137 e. The summed E-state index contributed by atoms with van der Waals surface area (Å²) >= 11 is 0. The number of aryl methyl sites for hydroxylation is 9. The van der Waals surface area contributed by atoms with Gasteiger partial charge in [-0.25, -0.2) is 0 Å². The molecule has 0 radical (unpaired) electrons. The highest BCUT2D eigenvalue weighted by molar-refractivity contribution is 6.11. The molecule has 0 aliphatic carbocycles. The first kappa shape index (κ1) is 95.0. The highest BCUT2D eigenvalue weighted by Crippen LogP contribution is 2.50. The highest BCUT2D eigenvalue weighted by Gasteiger charge is 2.27. The third kappa shape index (κ3) is 19.9. The van der Waals surface area contributed by atoms with Gasteiger partial charge in [-0.3, -0.25) is 0 Å². The van der Waals surface area contributed by atoms with E-state index in [9.17, 15) is 0 Å². The number of hydrogen-bond donors (Lipinski definition) is 0. The van der Waals surface area contributed by atoms with Crippen molar-refractivity contribution in [1.82, 2.24) is 0 Å². The summed E-state index contributed by atoms with van der Waals surface area (Å²) in [5.74, 6) is 3.25. The molecule has 13 nitrogen and oxygen atoms in total. The molecule has 0 amide bonds. The molecular formula is C134H114N6O7. The molecule has 3 heterocycles. The fraction of sp³-hybridized carbons (Fsp3) is 0.104. The maximum atomic E-state index is 6.78. The van der Waals surface area contributed by atoms with Crippen LogP contribution in [0.4, 0.5) is 102 Å². The Kier molecular flexibility index (Phi) is 27.0. The summed E-state index contributed by atoms with van der Waals surface area (Å²) in [6, 6.07) is 156. The molecule has 0 aliphatic heterocycles. The fourth-order valence-electron chi connectivity index (χ4n) is 20.0. The van der Waals surface area contributed by atoms with Gasteiger partial charge in [-0.2, -0.15) is 0 Å². The predicted molar refractivity (Wildman–Crippen MR) is 614 cm³/mol. The maximum absolute atomic E-state index is 6.78. The zero-order valence-electron chi connectivity index (χ0n) is 84.9. The second-order valence-electron chi connectivity index (χ2n) is 37.6. The third-order valence-electron chi connectivity index (χ3n) is 27.5.